The van der Waals surface area contributed by atoms with E-state index in [0.717, 1.165) is 18.2 Å². The predicted octanol–water partition coefficient (Wildman–Crippen LogP) is 3.40. The maximum absolute atomic E-state index is 13.9. The molecule has 0 radical (unpaired) electrons. The Hall–Kier alpha value is -2.17. The molecule has 0 saturated heterocycles. The van der Waals surface area contributed by atoms with Gasteiger partial charge in [0.25, 0.3) is 5.91 Å². The van der Waals surface area contributed by atoms with Gasteiger partial charge in [-0.3, -0.25) is 4.79 Å². The van der Waals surface area contributed by atoms with E-state index in [-0.39, 0.29) is 5.69 Å². The molecule has 0 aliphatic rings. The highest BCUT2D eigenvalue weighted by atomic mass is 35.5. The molecule has 0 aliphatic heterocycles. The molecular weight excluding hydrogens is 388 g/mol. The van der Waals surface area contributed by atoms with E-state index in [2.05, 4.69) is 5.32 Å². The fraction of sp³-hybridized carbons (Fsp3) is 0.0714. The SMILES string of the molecule is NS(=O)(=O)c1cc(C(=O)Nc2cccc(C(F)(F)F)c2)c(F)cc1Cl. The minimum atomic E-state index is -4.63. The molecule has 3 N–H and O–H groups in total. The van der Waals surface area contributed by atoms with E-state index >= 15 is 0 Å². The van der Waals surface area contributed by atoms with Gasteiger partial charge in [0, 0.05) is 5.69 Å². The quantitative estimate of drug-likeness (QED) is 0.779. The summed E-state index contributed by atoms with van der Waals surface area (Å²) in [5.41, 5.74) is -2.02. The van der Waals surface area contributed by atoms with Gasteiger partial charge in [0.1, 0.15) is 10.7 Å². The van der Waals surface area contributed by atoms with Gasteiger partial charge in [-0.15, -0.1) is 0 Å². The number of carbonyl (C=O) groups is 1. The number of halogens is 5. The molecule has 0 aliphatic carbocycles. The number of nitrogens with one attached hydrogen (secondary N) is 1. The molecule has 25 heavy (non-hydrogen) atoms. The lowest BCUT2D eigenvalue weighted by Crippen LogP contribution is -2.18. The van der Waals surface area contributed by atoms with E-state index in [4.69, 9.17) is 16.7 Å². The van der Waals surface area contributed by atoms with Crippen molar-refractivity contribution in [2.45, 2.75) is 11.1 Å². The molecule has 134 valence electrons. The second-order valence-electron chi connectivity index (χ2n) is 4.84. The molecule has 0 aromatic heterocycles. The molecule has 0 atom stereocenters. The molecule has 2 aromatic carbocycles. The maximum atomic E-state index is 13.9. The first kappa shape index (κ1) is 19.2. The third-order valence-electron chi connectivity index (χ3n) is 3.02. The van der Waals surface area contributed by atoms with E-state index < -0.39 is 49.0 Å². The van der Waals surface area contributed by atoms with Crippen molar-refractivity contribution in [1.82, 2.24) is 0 Å². The van der Waals surface area contributed by atoms with Crippen molar-refractivity contribution in [3.63, 3.8) is 0 Å². The third-order valence-corrected chi connectivity index (χ3v) is 4.40. The molecule has 5 nitrogen and oxygen atoms in total. The Bertz CT molecular complexity index is 946. The third kappa shape index (κ3) is 4.47. The average molecular weight is 397 g/mol. The first-order valence-corrected chi connectivity index (χ1v) is 8.32. The average Bonchev–Trinajstić information content (AvgIpc) is 2.45. The topological polar surface area (TPSA) is 89.3 Å². The van der Waals surface area contributed by atoms with Crippen LogP contribution in [0.25, 0.3) is 0 Å². The van der Waals surface area contributed by atoms with Crippen molar-refractivity contribution < 1.29 is 30.8 Å². The summed E-state index contributed by atoms with van der Waals surface area (Å²) in [4.78, 5) is 11.4. The molecular formula is C14H9ClF4N2O3S. The molecule has 0 fully saturated rings. The van der Waals surface area contributed by atoms with Gasteiger partial charge in [-0.1, -0.05) is 17.7 Å². The Morgan fingerprint density at radius 3 is 2.36 bits per heavy atom. The summed E-state index contributed by atoms with van der Waals surface area (Å²) in [5.74, 6) is -2.33. The molecule has 1 amide bonds. The standard InChI is InChI=1S/C14H9ClF4N2O3S/c15-10-6-11(16)9(5-12(10)25(20,23)24)13(22)21-8-3-1-2-7(4-8)14(17,18)19/h1-6H,(H,21,22)(H2,20,23,24). The highest BCUT2D eigenvalue weighted by molar-refractivity contribution is 7.89. The summed E-state index contributed by atoms with van der Waals surface area (Å²) in [5, 5.41) is 6.43. The van der Waals surface area contributed by atoms with E-state index in [1.165, 1.54) is 0 Å². The largest absolute Gasteiger partial charge is 0.416 e. The molecule has 2 rings (SSSR count). The highest BCUT2D eigenvalue weighted by Crippen LogP contribution is 2.31. The van der Waals surface area contributed by atoms with Gasteiger partial charge in [0.2, 0.25) is 10.0 Å². The van der Waals surface area contributed by atoms with Crippen molar-refractivity contribution in [3.05, 3.63) is 58.4 Å². The van der Waals surface area contributed by atoms with E-state index in [0.29, 0.717) is 18.2 Å². The fourth-order valence-electron chi connectivity index (χ4n) is 1.89. The number of alkyl halides is 3. The zero-order valence-corrected chi connectivity index (χ0v) is 13.6. The van der Waals surface area contributed by atoms with Gasteiger partial charge in [-0.05, 0) is 30.3 Å². The van der Waals surface area contributed by atoms with Gasteiger partial charge < -0.3 is 5.32 Å². The normalized spacial score (nSPS) is 12.1. The Kier molecular flexibility index (Phi) is 5.07. The summed E-state index contributed by atoms with van der Waals surface area (Å²) in [6, 6.07) is 4.82. The molecule has 0 heterocycles. The van der Waals surface area contributed by atoms with Crippen molar-refractivity contribution >= 4 is 33.2 Å². The Morgan fingerprint density at radius 1 is 1.16 bits per heavy atom. The number of primary sulfonamides is 1. The summed E-state index contributed by atoms with van der Waals surface area (Å²) < 4.78 is 74.6. The van der Waals surface area contributed by atoms with Crippen LogP contribution in [0.2, 0.25) is 5.02 Å². The number of carbonyl (C=O) groups excluding carboxylic acids is 1. The minimum Gasteiger partial charge on any atom is -0.322 e. The smallest absolute Gasteiger partial charge is 0.322 e. The monoisotopic (exact) mass is 396 g/mol. The van der Waals surface area contributed by atoms with Crippen LogP contribution in [-0.2, 0) is 16.2 Å². The lowest BCUT2D eigenvalue weighted by molar-refractivity contribution is -0.137. The second kappa shape index (κ2) is 6.62. The number of rotatable bonds is 3. The van der Waals surface area contributed by atoms with Gasteiger partial charge in [-0.2, -0.15) is 13.2 Å². The van der Waals surface area contributed by atoms with Crippen LogP contribution in [-0.4, -0.2) is 14.3 Å². The number of anilines is 1. The number of hydrogen-bond acceptors (Lipinski definition) is 3. The fourth-order valence-corrected chi connectivity index (χ4v) is 2.98. The van der Waals surface area contributed by atoms with E-state index in [1.807, 2.05) is 0 Å². The van der Waals surface area contributed by atoms with Crippen LogP contribution in [0.5, 0.6) is 0 Å². The van der Waals surface area contributed by atoms with Gasteiger partial charge in [-0.25, -0.2) is 17.9 Å². The van der Waals surface area contributed by atoms with E-state index in [1.54, 1.807) is 0 Å². The lowest BCUT2D eigenvalue weighted by atomic mass is 10.1. The second-order valence-corrected chi connectivity index (χ2v) is 6.78. The summed E-state index contributed by atoms with van der Waals surface area (Å²) in [7, 11) is -4.33. The summed E-state index contributed by atoms with van der Waals surface area (Å²) in [6.07, 6.45) is -4.63. The lowest BCUT2D eigenvalue weighted by Gasteiger charge is -2.11. The summed E-state index contributed by atoms with van der Waals surface area (Å²) >= 11 is 5.57. The van der Waals surface area contributed by atoms with Crippen LogP contribution in [0, 0.1) is 5.82 Å². The first-order chi connectivity index (χ1) is 11.4. The number of sulfonamides is 1. The van der Waals surface area contributed by atoms with Crippen molar-refractivity contribution in [1.29, 1.82) is 0 Å². The van der Waals surface area contributed by atoms with Crippen LogP contribution in [0.4, 0.5) is 23.2 Å². The van der Waals surface area contributed by atoms with Crippen molar-refractivity contribution in [3.8, 4) is 0 Å². The number of benzene rings is 2. The van der Waals surface area contributed by atoms with Crippen LogP contribution >= 0.6 is 11.6 Å². The number of nitrogens with two attached hydrogens (primary N) is 1. The van der Waals surface area contributed by atoms with Crippen molar-refractivity contribution in [2.75, 3.05) is 5.32 Å². The minimum absolute atomic E-state index is 0.258. The maximum Gasteiger partial charge on any atom is 0.416 e. The zero-order valence-electron chi connectivity index (χ0n) is 12.1. The molecule has 0 saturated carbocycles. The van der Waals surface area contributed by atoms with Crippen molar-refractivity contribution in [2.24, 2.45) is 5.14 Å². The van der Waals surface area contributed by atoms with Crippen LogP contribution in [0.3, 0.4) is 0 Å². The van der Waals surface area contributed by atoms with Crippen LogP contribution in [0.1, 0.15) is 15.9 Å². The van der Waals surface area contributed by atoms with E-state index in [9.17, 15) is 30.8 Å². The molecule has 2 aromatic rings. The molecule has 0 spiro atoms. The number of hydrogen-bond donors (Lipinski definition) is 2. The van der Waals surface area contributed by atoms with Crippen LogP contribution < -0.4 is 10.5 Å². The highest BCUT2D eigenvalue weighted by Gasteiger charge is 2.30. The molecule has 11 heteroatoms. The van der Waals surface area contributed by atoms with Gasteiger partial charge in [0.15, 0.2) is 0 Å². The zero-order chi connectivity index (χ0) is 19.0. The van der Waals surface area contributed by atoms with Gasteiger partial charge >= 0.3 is 6.18 Å². The molecule has 0 unspecified atom stereocenters. The van der Waals surface area contributed by atoms with Crippen LogP contribution in [0.15, 0.2) is 41.3 Å². The Morgan fingerprint density at radius 2 is 1.80 bits per heavy atom. The van der Waals surface area contributed by atoms with Gasteiger partial charge in [0.05, 0.1) is 16.1 Å². The summed E-state index contributed by atoms with van der Waals surface area (Å²) in [6.45, 7) is 0. The Balaban J connectivity index is 2.40. The molecule has 0 bridgehead atoms. The predicted molar refractivity (Wildman–Crippen MR) is 82.2 cm³/mol. The number of amides is 1. The Labute approximate surface area is 144 Å². The first-order valence-electron chi connectivity index (χ1n) is 6.40.